The lowest BCUT2D eigenvalue weighted by atomic mass is 10.00. The van der Waals surface area contributed by atoms with E-state index in [1.165, 1.54) is 12.1 Å². The van der Waals surface area contributed by atoms with Gasteiger partial charge in [0.1, 0.15) is 18.1 Å². The third kappa shape index (κ3) is 2.87. The molecule has 2 nitrogen and oxygen atoms in total. The summed E-state index contributed by atoms with van der Waals surface area (Å²) in [6.07, 6.45) is 2.43. The minimum atomic E-state index is -0.260. The Morgan fingerprint density at radius 3 is 2.45 bits per heavy atom. The predicted molar refractivity (Wildman–Crippen MR) is 85.5 cm³/mol. The second-order valence-corrected chi connectivity index (χ2v) is 5.69. The summed E-state index contributed by atoms with van der Waals surface area (Å²) in [4.78, 5) is 5.72. The number of hydrogen-bond donors (Lipinski definition) is 0. The highest BCUT2D eigenvalue weighted by Crippen LogP contribution is 2.42. The number of benzene rings is 2. The molecule has 0 fully saturated rings. The predicted octanol–water partition coefficient (Wildman–Crippen LogP) is 5.35. The molecule has 2 aromatic rings. The smallest absolute Gasteiger partial charge is 0.128 e. The summed E-state index contributed by atoms with van der Waals surface area (Å²) in [5.74, 6) is -0.260. The highest BCUT2D eigenvalue weighted by Gasteiger charge is 2.35. The second kappa shape index (κ2) is 6.51. The maximum Gasteiger partial charge on any atom is 0.128 e. The van der Waals surface area contributed by atoms with E-state index in [0.717, 1.165) is 17.5 Å². The Kier molecular flexibility index (Phi) is 4.46. The Morgan fingerprint density at radius 1 is 1.14 bits per heavy atom. The molecule has 0 saturated heterocycles. The highest BCUT2D eigenvalue weighted by atomic mass is 35.5. The van der Waals surface area contributed by atoms with Crippen molar-refractivity contribution in [2.24, 2.45) is 0 Å². The molecule has 1 heterocycles. The molecule has 1 aliphatic rings. The van der Waals surface area contributed by atoms with Crippen molar-refractivity contribution in [2.45, 2.75) is 25.4 Å². The molecule has 2 aromatic carbocycles. The first-order valence-corrected chi connectivity index (χ1v) is 7.69. The zero-order valence-electron chi connectivity index (χ0n) is 12.2. The molecular weight excluding hydrogens is 301 g/mol. The molecule has 0 aromatic heterocycles. The summed E-state index contributed by atoms with van der Waals surface area (Å²) in [5.41, 5.74) is 2.08. The molecule has 4 heteroatoms. The van der Waals surface area contributed by atoms with Gasteiger partial charge < -0.3 is 4.84 Å². The average Bonchev–Trinajstić information content (AvgIpc) is 2.92. The fraction of sp³-hybridized carbons (Fsp3) is 0.222. The van der Waals surface area contributed by atoms with Crippen molar-refractivity contribution in [1.82, 2.24) is 5.06 Å². The monoisotopic (exact) mass is 317 g/mol. The van der Waals surface area contributed by atoms with Crippen molar-refractivity contribution < 1.29 is 9.23 Å². The van der Waals surface area contributed by atoms with Crippen LogP contribution in [0.15, 0.2) is 65.9 Å². The lowest BCUT2D eigenvalue weighted by molar-refractivity contribution is -0.142. The third-order valence-corrected chi connectivity index (χ3v) is 4.16. The topological polar surface area (TPSA) is 12.5 Å². The van der Waals surface area contributed by atoms with E-state index in [9.17, 15) is 4.39 Å². The van der Waals surface area contributed by atoms with Gasteiger partial charge in [-0.2, -0.15) is 0 Å². The average molecular weight is 318 g/mol. The standard InChI is InChI=1S/C18H17ClFNO/c1-2-17(13-6-4-3-5-7-13)21-18(16(19)12-22-21)14-8-10-15(20)11-9-14/h3-12,17-18H,2H2,1H3. The molecule has 3 rings (SSSR count). The van der Waals surface area contributed by atoms with Crippen LogP contribution in [0, 0.1) is 5.82 Å². The lowest BCUT2D eigenvalue weighted by Gasteiger charge is -2.31. The Hall–Kier alpha value is -1.84. The molecule has 114 valence electrons. The Bertz CT molecular complexity index is 657. The maximum absolute atomic E-state index is 13.2. The minimum Gasteiger partial charge on any atom is -0.411 e. The van der Waals surface area contributed by atoms with Crippen molar-refractivity contribution in [3.05, 3.63) is 82.8 Å². The molecular formula is C18H17ClFNO. The van der Waals surface area contributed by atoms with Gasteiger partial charge in [0, 0.05) is 0 Å². The normalized spacial score (nSPS) is 19.6. The van der Waals surface area contributed by atoms with Gasteiger partial charge >= 0.3 is 0 Å². The van der Waals surface area contributed by atoms with Gasteiger partial charge in [0.2, 0.25) is 0 Å². The Morgan fingerprint density at radius 2 is 1.82 bits per heavy atom. The maximum atomic E-state index is 13.2. The SMILES string of the molecule is CCC(c1ccccc1)N1OC=C(Cl)C1c1ccc(F)cc1. The van der Waals surface area contributed by atoms with Crippen molar-refractivity contribution in [1.29, 1.82) is 0 Å². The highest BCUT2D eigenvalue weighted by molar-refractivity contribution is 6.30. The minimum absolute atomic E-state index is 0.0729. The molecule has 0 N–H and O–H groups in total. The lowest BCUT2D eigenvalue weighted by Crippen LogP contribution is -2.28. The van der Waals surface area contributed by atoms with Crippen LogP contribution in [-0.2, 0) is 4.84 Å². The molecule has 0 radical (unpaired) electrons. The Balaban J connectivity index is 1.93. The van der Waals surface area contributed by atoms with Crippen LogP contribution < -0.4 is 0 Å². The summed E-state index contributed by atoms with van der Waals surface area (Å²) in [7, 11) is 0. The Labute approximate surface area is 134 Å². The van der Waals surface area contributed by atoms with E-state index in [4.69, 9.17) is 16.4 Å². The van der Waals surface area contributed by atoms with Gasteiger partial charge in [-0.1, -0.05) is 61.0 Å². The van der Waals surface area contributed by atoms with E-state index in [2.05, 4.69) is 19.1 Å². The van der Waals surface area contributed by atoms with Crippen LogP contribution in [0.4, 0.5) is 4.39 Å². The van der Waals surface area contributed by atoms with Crippen molar-refractivity contribution in [2.75, 3.05) is 0 Å². The van der Waals surface area contributed by atoms with Crippen LogP contribution in [0.25, 0.3) is 0 Å². The summed E-state index contributed by atoms with van der Waals surface area (Å²) in [6.45, 7) is 2.11. The van der Waals surface area contributed by atoms with E-state index in [-0.39, 0.29) is 17.9 Å². The summed E-state index contributed by atoms with van der Waals surface area (Å²) >= 11 is 6.34. The number of rotatable bonds is 4. The van der Waals surface area contributed by atoms with E-state index in [1.54, 1.807) is 18.4 Å². The first-order valence-electron chi connectivity index (χ1n) is 7.31. The number of hydroxylamine groups is 2. The van der Waals surface area contributed by atoms with Gasteiger partial charge in [-0.3, -0.25) is 0 Å². The van der Waals surface area contributed by atoms with Gasteiger partial charge in [-0.25, -0.2) is 4.39 Å². The van der Waals surface area contributed by atoms with Gasteiger partial charge in [0.15, 0.2) is 0 Å². The number of hydrogen-bond acceptors (Lipinski definition) is 2. The molecule has 0 aliphatic carbocycles. The summed E-state index contributed by atoms with van der Waals surface area (Å²) in [6, 6.07) is 16.4. The molecule has 0 bridgehead atoms. The molecule has 2 unspecified atom stereocenters. The van der Waals surface area contributed by atoms with Crippen LogP contribution in [-0.4, -0.2) is 5.06 Å². The van der Waals surface area contributed by atoms with Crippen molar-refractivity contribution in [3.8, 4) is 0 Å². The zero-order valence-corrected chi connectivity index (χ0v) is 13.0. The van der Waals surface area contributed by atoms with Gasteiger partial charge in [-0.05, 0) is 29.7 Å². The van der Waals surface area contributed by atoms with E-state index >= 15 is 0 Å². The first-order chi connectivity index (χ1) is 10.7. The van der Waals surface area contributed by atoms with Gasteiger partial charge in [0.05, 0.1) is 11.1 Å². The second-order valence-electron chi connectivity index (χ2n) is 5.26. The van der Waals surface area contributed by atoms with Crippen molar-refractivity contribution in [3.63, 3.8) is 0 Å². The molecule has 0 spiro atoms. The van der Waals surface area contributed by atoms with Crippen LogP contribution in [0.1, 0.15) is 36.6 Å². The fourth-order valence-corrected chi connectivity index (χ4v) is 3.06. The summed E-state index contributed by atoms with van der Waals surface area (Å²) in [5, 5.41) is 2.48. The first kappa shape index (κ1) is 15.1. The molecule has 22 heavy (non-hydrogen) atoms. The van der Waals surface area contributed by atoms with Crippen LogP contribution in [0.5, 0.6) is 0 Å². The summed E-state index contributed by atoms with van der Waals surface area (Å²) < 4.78 is 13.2. The fourth-order valence-electron chi connectivity index (χ4n) is 2.80. The zero-order chi connectivity index (χ0) is 15.5. The van der Waals surface area contributed by atoms with Gasteiger partial charge in [0.25, 0.3) is 0 Å². The van der Waals surface area contributed by atoms with Crippen molar-refractivity contribution >= 4 is 11.6 Å². The molecule has 0 amide bonds. The molecule has 2 atom stereocenters. The van der Waals surface area contributed by atoms with E-state index in [1.807, 2.05) is 23.3 Å². The number of halogens is 2. The molecule has 1 aliphatic heterocycles. The number of nitrogens with zero attached hydrogens (tertiary/aromatic N) is 1. The third-order valence-electron chi connectivity index (χ3n) is 3.87. The largest absolute Gasteiger partial charge is 0.411 e. The van der Waals surface area contributed by atoms with Gasteiger partial charge in [-0.15, -0.1) is 5.06 Å². The van der Waals surface area contributed by atoms with Crippen LogP contribution in [0.2, 0.25) is 0 Å². The molecule has 0 saturated carbocycles. The van der Waals surface area contributed by atoms with E-state index in [0.29, 0.717) is 5.03 Å². The quantitative estimate of drug-likeness (QED) is 0.754. The van der Waals surface area contributed by atoms with Crippen LogP contribution >= 0.6 is 11.6 Å². The van der Waals surface area contributed by atoms with Crippen LogP contribution in [0.3, 0.4) is 0 Å². The van der Waals surface area contributed by atoms with E-state index < -0.39 is 0 Å².